The molecule has 0 radical (unpaired) electrons. The van der Waals surface area contributed by atoms with E-state index in [4.69, 9.17) is 0 Å². The van der Waals surface area contributed by atoms with Crippen LogP contribution in [0.1, 0.15) is 55.3 Å². The first-order valence-electron chi connectivity index (χ1n) is 12.1. The fourth-order valence-electron chi connectivity index (χ4n) is 5.78. The number of aliphatic carboxylic acids is 1. The van der Waals surface area contributed by atoms with E-state index in [-0.39, 0.29) is 29.3 Å². The molecule has 1 fully saturated rings. The fraction of sp³-hybridized carbons (Fsp3) is 0.500. The molecule has 3 atom stereocenters. The molecule has 0 aliphatic heterocycles. The van der Waals surface area contributed by atoms with Crippen molar-refractivity contribution in [1.29, 1.82) is 0 Å². The smallest absolute Gasteiger partial charge is 0.331 e. The number of hydrogen-bond donors (Lipinski definition) is 1. The maximum Gasteiger partial charge on any atom is 0.331 e. The van der Waals surface area contributed by atoms with Crippen LogP contribution in [0, 0.1) is 32.6 Å². The van der Waals surface area contributed by atoms with Crippen LogP contribution in [0.4, 0.5) is 0 Å². The molecular weight excluding hydrogens is 466 g/mol. The normalized spacial score (nSPS) is 21.2. The van der Waals surface area contributed by atoms with Crippen molar-refractivity contribution in [3.63, 3.8) is 0 Å². The van der Waals surface area contributed by atoms with Crippen LogP contribution in [0.15, 0.2) is 40.2 Å². The van der Waals surface area contributed by atoms with Crippen molar-refractivity contribution in [2.24, 2.45) is 11.8 Å². The lowest BCUT2D eigenvalue weighted by molar-refractivity contribution is -0.137. The van der Waals surface area contributed by atoms with Crippen LogP contribution in [0.2, 0.25) is 0 Å². The van der Waals surface area contributed by atoms with Crippen LogP contribution in [0.5, 0.6) is 0 Å². The summed E-state index contributed by atoms with van der Waals surface area (Å²) in [6, 6.07) is 7.07. The predicted octanol–water partition coefficient (Wildman–Crippen LogP) is 4.05. The van der Waals surface area contributed by atoms with E-state index < -0.39 is 22.4 Å². The third-order valence-corrected chi connectivity index (χ3v) is 9.49. The van der Waals surface area contributed by atoms with Crippen LogP contribution >= 0.6 is 0 Å². The number of benzene rings is 1. The lowest BCUT2D eigenvalue weighted by Gasteiger charge is -2.22. The van der Waals surface area contributed by atoms with Gasteiger partial charge in [0.15, 0.2) is 15.5 Å². The van der Waals surface area contributed by atoms with Gasteiger partial charge in [0, 0.05) is 12.2 Å². The van der Waals surface area contributed by atoms with E-state index >= 15 is 0 Å². The number of hydrogen-bond acceptors (Lipinski definition) is 5. The van der Waals surface area contributed by atoms with E-state index in [0.29, 0.717) is 35.3 Å². The number of carbonyl (C=O) groups is 1. The Morgan fingerprint density at radius 2 is 1.77 bits per heavy atom. The highest BCUT2D eigenvalue weighted by Crippen LogP contribution is 2.37. The maximum atomic E-state index is 13.5. The average Bonchev–Trinajstić information content (AvgIpc) is 2.90. The number of aromatic nitrogens is 3. The van der Waals surface area contributed by atoms with Gasteiger partial charge < -0.3 is 5.11 Å². The van der Waals surface area contributed by atoms with E-state index in [1.807, 2.05) is 32.9 Å². The molecule has 3 unspecified atom stereocenters. The number of carboxylic acid groups (broad SMARTS) is 1. The molecule has 1 aromatic carbocycles. The van der Waals surface area contributed by atoms with Crippen LogP contribution in [-0.4, -0.2) is 39.4 Å². The Morgan fingerprint density at radius 1 is 1.11 bits per heavy atom. The summed E-state index contributed by atoms with van der Waals surface area (Å²) in [6.07, 6.45) is 4.40. The number of carboxylic acids is 1. The second kappa shape index (κ2) is 9.60. The number of rotatable bonds is 6. The number of imidazole rings is 1. The summed E-state index contributed by atoms with van der Waals surface area (Å²) in [6.45, 7) is 7.34. The van der Waals surface area contributed by atoms with Gasteiger partial charge in [-0.1, -0.05) is 24.6 Å². The van der Waals surface area contributed by atoms with E-state index in [9.17, 15) is 23.1 Å². The number of fused-ring (bicyclic) bond motifs is 1. The van der Waals surface area contributed by atoms with Crippen molar-refractivity contribution < 1.29 is 18.3 Å². The second-order valence-electron chi connectivity index (χ2n) is 10.0. The Labute approximate surface area is 205 Å². The van der Waals surface area contributed by atoms with E-state index in [0.717, 1.165) is 23.1 Å². The average molecular weight is 500 g/mol. The summed E-state index contributed by atoms with van der Waals surface area (Å²) < 4.78 is 29.8. The largest absolute Gasteiger partial charge is 0.480 e. The van der Waals surface area contributed by atoms with Gasteiger partial charge in [0.2, 0.25) is 0 Å². The zero-order chi connectivity index (χ0) is 25.5. The van der Waals surface area contributed by atoms with Crippen molar-refractivity contribution in [3.05, 3.63) is 57.6 Å². The Bertz CT molecular complexity index is 1410. The first-order chi connectivity index (χ1) is 16.5. The van der Waals surface area contributed by atoms with Gasteiger partial charge in [-0.05, 0) is 81.5 Å². The third kappa shape index (κ3) is 4.91. The lowest BCUT2D eigenvalue weighted by Crippen LogP contribution is -2.29. The molecule has 1 N–H and O–H groups in total. The molecule has 188 valence electrons. The van der Waals surface area contributed by atoms with Gasteiger partial charge in [-0.25, -0.2) is 18.2 Å². The van der Waals surface area contributed by atoms with E-state index in [2.05, 4.69) is 11.9 Å². The topological polar surface area (TPSA) is 111 Å². The SMILES string of the molecule is Cc1cc(C)c(S(=O)(=O)CC2CCC(n3c(=O)n(CC(=O)O)c4cccnc43)CCC2C)c(C)c1. The van der Waals surface area contributed by atoms with Crippen molar-refractivity contribution in [1.82, 2.24) is 14.1 Å². The van der Waals surface area contributed by atoms with E-state index in [1.54, 1.807) is 22.9 Å². The Hall–Kier alpha value is -2.94. The van der Waals surface area contributed by atoms with Gasteiger partial charge in [-0.2, -0.15) is 0 Å². The predicted molar refractivity (Wildman–Crippen MR) is 134 cm³/mol. The molecule has 1 aliphatic carbocycles. The highest BCUT2D eigenvalue weighted by Gasteiger charge is 2.32. The molecule has 2 heterocycles. The Kier molecular flexibility index (Phi) is 6.90. The first kappa shape index (κ1) is 25.2. The summed E-state index contributed by atoms with van der Waals surface area (Å²) in [7, 11) is -3.47. The monoisotopic (exact) mass is 499 g/mol. The van der Waals surface area contributed by atoms with Crippen LogP contribution in [0.25, 0.3) is 11.2 Å². The van der Waals surface area contributed by atoms with Gasteiger partial charge in [0.05, 0.1) is 16.2 Å². The molecular formula is C26H33N3O5S. The second-order valence-corrected chi connectivity index (χ2v) is 12.0. The van der Waals surface area contributed by atoms with Gasteiger partial charge in [0.1, 0.15) is 6.54 Å². The highest BCUT2D eigenvalue weighted by molar-refractivity contribution is 7.91. The lowest BCUT2D eigenvalue weighted by atomic mass is 9.91. The minimum atomic E-state index is -3.47. The first-order valence-corrected chi connectivity index (χ1v) is 13.7. The molecule has 1 aliphatic rings. The van der Waals surface area contributed by atoms with Gasteiger partial charge in [-0.3, -0.25) is 13.9 Å². The molecule has 9 heteroatoms. The zero-order valence-corrected chi connectivity index (χ0v) is 21.5. The maximum absolute atomic E-state index is 13.5. The van der Waals surface area contributed by atoms with Crippen molar-refractivity contribution in [2.45, 2.75) is 70.9 Å². The molecule has 0 spiro atoms. The van der Waals surface area contributed by atoms with Crippen molar-refractivity contribution >= 4 is 27.0 Å². The summed E-state index contributed by atoms with van der Waals surface area (Å²) in [4.78, 5) is 29.4. The van der Waals surface area contributed by atoms with Crippen molar-refractivity contribution in [3.8, 4) is 0 Å². The van der Waals surface area contributed by atoms with E-state index in [1.165, 1.54) is 4.57 Å². The van der Waals surface area contributed by atoms with Crippen molar-refractivity contribution in [2.75, 3.05) is 5.75 Å². The fourth-order valence-corrected chi connectivity index (χ4v) is 8.10. The molecule has 1 saturated carbocycles. The summed E-state index contributed by atoms with van der Waals surface area (Å²) in [5.41, 5.74) is 3.22. The number of aryl methyl sites for hydroxylation is 3. The molecule has 3 aromatic rings. The summed E-state index contributed by atoms with van der Waals surface area (Å²) in [5, 5.41) is 9.29. The minimum Gasteiger partial charge on any atom is -0.480 e. The molecule has 8 nitrogen and oxygen atoms in total. The van der Waals surface area contributed by atoms with Crippen LogP contribution < -0.4 is 5.69 Å². The number of nitrogens with zero attached hydrogens (tertiary/aromatic N) is 3. The summed E-state index contributed by atoms with van der Waals surface area (Å²) >= 11 is 0. The molecule has 0 bridgehead atoms. The minimum absolute atomic E-state index is 0.0267. The zero-order valence-electron chi connectivity index (χ0n) is 20.7. The standard InChI is InChI=1S/C26H33N3O5S/c1-16-12-18(3)24(19(4)13-16)35(33,34)15-20-8-10-21(9-7-17(20)2)29-25-22(6-5-11-27-25)28(26(29)32)14-23(30)31/h5-6,11-13,17,20-21H,7-10,14-15H2,1-4H3,(H,30,31). The van der Waals surface area contributed by atoms with Crippen LogP contribution in [-0.2, 0) is 21.2 Å². The van der Waals surface area contributed by atoms with Crippen LogP contribution in [0.3, 0.4) is 0 Å². The number of sulfone groups is 1. The number of pyridine rings is 1. The Balaban J connectivity index is 1.62. The molecule has 0 amide bonds. The molecule has 4 rings (SSSR count). The third-order valence-electron chi connectivity index (χ3n) is 7.36. The van der Waals surface area contributed by atoms with Gasteiger partial charge >= 0.3 is 11.7 Å². The highest BCUT2D eigenvalue weighted by atomic mass is 32.2. The van der Waals surface area contributed by atoms with Gasteiger partial charge in [-0.15, -0.1) is 0 Å². The van der Waals surface area contributed by atoms with Gasteiger partial charge in [0.25, 0.3) is 0 Å². The molecule has 2 aromatic heterocycles. The Morgan fingerprint density at radius 3 is 2.43 bits per heavy atom. The summed E-state index contributed by atoms with van der Waals surface area (Å²) in [5.74, 6) is -0.853. The molecule has 0 saturated heterocycles. The quantitative estimate of drug-likeness (QED) is 0.512. The molecule has 35 heavy (non-hydrogen) atoms.